The Bertz CT molecular complexity index is 636. The van der Waals surface area contributed by atoms with Gasteiger partial charge >= 0.3 is 6.36 Å². The standard InChI is InChI=1S/C15H11F4NO2/c16-12-5-1-10(2-6-12)9-20-14(21)11-3-7-13(8-4-11)22-15(17,18)19/h1-8H,9H2,(H,20,21). The molecule has 2 rings (SSSR count). The van der Waals surface area contributed by atoms with Gasteiger partial charge in [0.1, 0.15) is 11.6 Å². The highest BCUT2D eigenvalue weighted by molar-refractivity contribution is 5.94. The van der Waals surface area contributed by atoms with Crippen molar-refractivity contribution in [3.05, 3.63) is 65.5 Å². The van der Waals surface area contributed by atoms with Crippen LogP contribution in [0.15, 0.2) is 48.5 Å². The van der Waals surface area contributed by atoms with E-state index in [4.69, 9.17) is 0 Å². The second-order valence-electron chi connectivity index (χ2n) is 4.38. The van der Waals surface area contributed by atoms with Gasteiger partial charge < -0.3 is 10.1 Å². The summed E-state index contributed by atoms with van der Waals surface area (Å²) in [5.41, 5.74) is 0.892. The molecule has 0 bridgehead atoms. The number of nitrogens with one attached hydrogen (secondary N) is 1. The van der Waals surface area contributed by atoms with Gasteiger partial charge in [0.05, 0.1) is 0 Å². The third-order valence-corrected chi connectivity index (χ3v) is 2.72. The molecule has 0 fully saturated rings. The van der Waals surface area contributed by atoms with E-state index in [0.717, 1.165) is 12.1 Å². The fourth-order valence-corrected chi connectivity index (χ4v) is 1.69. The molecule has 2 aromatic carbocycles. The Morgan fingerprint density at radius 1 is 1.00 bits per heavy atom. The number of ether oxygens (including phenoxy) is 1. The van der Waals surface area contributed by atoms with E-state index in [0.29, 0.717) is 5.56 Å². The van der Waals surface area contributed by atoms with Crippen LogP contribution in [0.3, 0.4) is 0 Å². The summed E-state index contributed by atoms with van der Waals surface area (Å²) in [5, 5.41) is 2.58. The number of amides is 1. The van der Waals surface area contributed by atoms with Crippen molar-refractivity contribution in [2.45, 2.75) is 12.9 Å². The Hall–Kier alpha value is -2.57. The summed E-state index contributed by atoms with van der Waals surface area (Å²) in [4.78, 5) is 11.8. The van der Waals surface area contributed by atoms with Gasteiger partial charge in [0.15, 0.2) is 0 Å². The molecule has 0 aromatic heterocycles. The Balaban J connectivity index is 1.93. The molecule has 0 aliphatic heterocycles. The number of carbonyl (C=O) groups excluding carboxylic acids is 1. The minimum atomic E-state index is -4.77. The van der Waals surface area contributed by atoms with Crippen LogP contribution >= 0.6 is 0 Å². The number of alkyl halides is 3. The third-order valence-electron chi connectivity index (χ3n) is 2.72. The predicted molar refractivity (Wildman–Crippen MR) is 70.7 cm³/mol. The lowest BCUT2D eigenvalue weighted by atomic mass is 10.2. The summed E-state index contributed by atoms with van der Waals surface area (Å²) in [7, 11) is 0. The van der Waals surface area contributed by atoms with Crippen molar-refractivity contribution in [2.24, 2.45) is 0 Å². The van der Waals surface area contributed by atoms with Gasteiger partial charge in [-0.15, -0.1) is 13.2 Å². The van der Waals surface area contributed by atoms with Crippen molar-refractivity contribution in [2.75, 3.05) is 0 Å². The molecule has 0 saturated carbocycles. The summed E-state index contributed by atoms with van der Waals surface area (Å²) >= 11 is 0. The lowest BCUT2D eigenvalue weighted by molar-refractivity contribution is -0.274. The smallest absolute Gasteiger partial charge is 0.406 e. The first-order valence-electron chi connectivity index (χ1n) is 6.22. The van der Waals surface area contributed by atoms with Crippen molar-refractivity contribution >= 4 is 5.91 Å². The zero-order valence-electron chi connectivity index (χ0n) is 11.2. The third kappa shape index (κ3) is 4.76. The second-order valence-corrected chi connectivity index (χ2v) is 4.38. The van der Waals surface area contributed by atoms with Gasteiger partial charge in [0.2, 0.25) is 0 Å². The molecule has 0 radical (unpaired) electrons. The quantitative estimate of drug-likeness (QED) is 0.875. The zero-order chi connectivity index (χ0) is 16.2. The molecule has 0 atom stereocenters. The number of hydrogen-bond donors (Lipinski definition) is 1. The molecule has 7 heteroatoms. The SMILES string of the molecule is O=C(NCc1ccc(F)cc1)c1ccc(OC(F)(F)F)cc1. The molecule has 1 amide bonds. The minimum Gasteiger partial charge on any atom is -0.406 e. The maximum atomic E-state index is 12.7. The first-order chi connectivity index (χ1) is 10.3. The van der Waals surface area contributed by atoms with E-state index in [2.05, 4.69) is 10.1 Å². The summed E-state index contributed by atoms with van der Waals surface area (Å²) in [6.07, 6.45) is -4.77. The van der Waals surface area contributed by atoms with Gasteiger partial charge in [0.25, 0.3) is 5.91 Å². The van der Waals surface area contributed by atoms with Crippen molar-refractivity contribution in [1.82, 2.24) is 5.32 Å². The van der Waals surface area contributed by atoms with Gasteiger partial charge in [0, 0.05) is 12.1 Å². The highest BCUT2D eigenvalue weighted by atomic mass is 19.4. The normalized spacial score (nSPS) is 11.1. The molecule has 116 valence electrons. The fraction of sp³-hybridized carbons (Fsp3) is 0.133. The van der Waals surface area contributed by atoms with Crippen molar-refractivity contribution < 1.29 is 27.1 Å². The van der Waals surface area contributed by atoms with Crippen LogP contribution in [0.5, 0.6) is 5.75 Å². The number of halogens is 4. The van der Waals surface area contributed by atoms with Crippen LogP contribution in [0, 0.1) is 5.82 Å². The van der Waals surface area contributed by atoms with Crippen molar-refractivity contribution in [1.29, 1.82) is 0 Å². The van der Waals surface area contributed by atoms with E-state index in [1.54, 1.807) is 0 Å². The second kappa shape index (κ2) is 6.46. The van der Waals surface area contributed by atoms with Crippen molar-refractivity contribution in [3.63, 3.8) is 0 Å². The Kier molecular flexibility index (Phi) is 4.65. The summed E-state index contributed by atoms with van der Waals surface area (Å²) in [6.45, 7) is 0.180. The van der Waals surface area contributed by atoms with Crippen LogP contribution in [0.25, 0.3) is 0 Å². The minimum absolute atomic E-state index is 0.180. The fourth-order valence-electron chi connectivity index (χ4n) is 1.69. The van der Waals surface area contributed by atoms with Gasteiger partial charge in [-0.05, 0) is 42.0 Å². The van der Waals surface area contributed by atoms with Crippen molar-refractivity contribution in [3.8, 4) is 5.75 Å². The Morgan fingerprint density at radius 3 is 2.14 bits per heavy atom. The van der Waals surface area contributed by atoms with Crippen LogP contribution in [0.1, 0.15) is 15.9 Å². The van der Waals surface area contributed by atoms with Gasteiger partial charge in [-0.2, -0.15) is 0 Å². The number of benzene rings is 2. The number of rotatable bonds is 4. The summed E-state index contributed by atoms with van der Waals surface area (Å²) in [6, 6.07) is 10.1. The molecule has 1 N–H and O–H groups in total. The monoisotopic (exact) mass is 313 g/mol. The molecular weight excluding hydrogens is 302 g/mol. The predicted octanol–water partition coefficient (Wildman–Crippen LogP) is 3.65. The van der Waals surface area contributed by atoms with E-state index >= 15 is 0 Å². The summed E-state index contributed by atoms with van der Waals surface area (Å²) in [5.74, 6) is -1.24. The average Bonchev–Trinajstić information content (AvgIpc) is 2.45. The summed E-state index contributed by atoms with van der Waals surface area (Å²) < 4.78 is 52.5. The highest BCUT2D eigenvalue weighted by Crippen LogP contribution is 2.22. The average molecular weight is 313 g/mol. The maximum absolute atomic E-state index is 12.7. The number of carbonyl (C=O) groups is 1. The molecule has 3 nitrogen and oxygen atoms in total. The van der Waals surface area contributed by atoms with E-state index in [-0.39, 0.29) is 17.9 Å². The molecule has 0 unspecified atom stereocenters. The molecule has 0 aliphatic rings. The van der Waals surface area contributed by atoms with Gasteiger partial charge in [-0.3, -0.25) is 4.79 Å². The molecule has 0 spiro atoms. The van der Waals surface area contributed by atoms with Crippen LogP contribution in [0.4, 0.5) is 17.6 Å². The van der Waals surface area contributed by atoms with Crippen LogP contribution in [-0.2, 0) is 6.54 Å². The lowest BCUT2D eigenvalue weighted by Gasteiger charge is -2.09. The first-order valence-corrected chi connectivity index (χ1v) is 6.22. The molecule has 0 saturated heterocycles. The van der Waals surface area contributed by atoms with E-state index in [9.17, 15) is 22.4 Å². The van der Waals surface area contributed by atoms with E-state index in [1.165, 1.54) is 36.4 Å². The molecule has 22 heavy (non-hydrogen) atoms. The Labute approximate surface area is 123 Å². The Morgan fingerprint density at radius 2 is 1.59 bits per heavy atom. The first kappa shape index (κ1) is 15.8. The van der Waals surface area contributed by atoms with Crippen LogP contribution in [0.2, 0.25) is 0 Å². The molecular formula is C15H11F4NO2. The lowest BCUT2D eigenvalue weighted by Crippen LogP contribution is -2.22. The van der Waals surface area contributed by atoms with Gasteiger partial charge in [-0.25, -0.2) is 4.39 Å². The molecule has 0 aliphatic carbocycles. The van der Waals surface area contributed by atoms with E-state index in [1.807, 2.05) is 0 Å². The number of hydrogen-bond acceptors (Lipinski definition) is 2. The highest BCUT2D eigenvalue weighted by Gasteiger charge is 2.31. The molecule has 0 heterocycles. The van der Waals surface area contributed by atoms with Gasteiger partial charge in [-0.1, -0.05) is 12.1 Å². The van der Waals surface area contributed by atoms with E-state index < -0.39 is 18.0 Å². The zero-order valence-corrected chi connectivity index (χ0v) is 11.2. The van der Waals surface area contributed by atoms with Crippen LogP contribution in [-0.4, -0.2) is 12.3 Å². The maximum Gasteiger partial charge on any atom is 0.573 e. The largest absolute Gasteiger partial charge is 0.573 e. The topological polar surface area (TPSA) is 38.3 Å². The molecule has 2 aromatic rings. The van der Waals surface area contributed by atoms with Crippen LogP contribution < -0.4 is 10.1 Å².